The molecule has 140 valence electrons. The molecule has 2 bridgehead atoms. The Hall–Kier alpha value is -2.57. The van der Waals surface area contributed by atoms with Crippen molar-refractivity contribution in [3.8, 4) is 0 Å². The first-order valence-electron chi connectivity index (χ1n) is 8.82. The lowest BCUT2D eigenvalue weighted by molar-refractivity contribution is -0.142. The Morgan fingerprint density at radius 1 is 1.27 bits per heavy atom. The van der Waals surface area contributed by atoms with Crippen LogP contribution in [0.15, 0.2) is 35.5 Å². The second-order valence-electron chi connectivity index (χ2n) is 6.85. The van der Waals surface area contributed by atoms with Crippen molar-refractivity contribution < 1.29 is 28.6 Å². The summed E-state index contributed by atoms with van der Waals surface area (Å²) >= 11 is 0. The normalized spacial score (nSPS) is 32.6. The molecule has 0 aromatic rings. The lowest BCUT2D eigenvalue weighted by atomic mass is 9.85. The molecule has 26 heavy (non-hydrogen) atoms. The van der Waals surface area contributed by atoms with E-state index < -0.39 is 36.2 Å². The molecule has 7 nitrogen and oxygen atoms in total. The fourth-order valence-corrected chi connectivity index (χ4v) is 3.50. The smallest absolute Gasteiger partial charge is 0.407 e. The summed E-state index contributed by atoms with van der Waals surface area (Å²) in [4.78, 5) is 36.2. The number of alkyl carbamates (subject to hydrolysis) is 1. The molecule has 7 heteroatoms. The highest BCUT2D eigenvalue weighted by Gasteiger charge is 2.46. The summed E-state index contributed by atoms with van der Waals surface area (Å²) in [5.41, 5.74) is 1.62. The maximum absolute atomic E-state index is 12.1. The van der Waals surface area contributed by atoms with Crippen molar-refractivity contribution in [1.29, 1.82) is 0 Å². The van der Waals surface area contributed by atoms with Gasteiger partial charge in [0.1, 0.15) is 18.3 Å². The van der Waals surface area contributed by atoms with E-state index in [4.69, 9.17) is 14.2 Å². The number of fused-ring (bicyclic) bond motifs is 2. The summed E-state index contributed by atoms with van der Waals surface area (Å²) in [7, 11) is 0. The molecule has 2 aliphatic heterocycles. The topological polar surface area (TPSA) is 90.9 Å². The third kappa shape index (κ3) is 3.66. The highest BCUT2D eigenvalue weighted by molar-refractivity contribution is 5.93. The fraction of sp³-hybridized carbons (Fsp3) is 0.526. The molecule has 0 radical (unpaired) electrons. The minimum Gasteiger partial charge on any atom is -0.458 e. The third-order valence-electron chi connectivity index (χ3n) is 4.74. The monoisotopic (exact) mass is 361 g/mol. The van der Waals surface area contributed by atoms with Gasteiger partial charge >= 0.3 is 18.0 Å². The predicted molar refractivity (Wildman–Crippen MR) is 92.0 cm³/mol. The van der Waals surface area contributed by atoms with Gasteiger partial charge in [0.15, 0.2) is 0 Å². The molecule has 0 spiro atoms. The molecular weight excluding hydrogens is 338 g/mol. The molecule has 3 aliphatic rings. The largest absolute Gasteiger partial charge is 0.458 e. The van der Waals surface area contributed by atoms with Crippen LogP contribution in [-0.2, 0) is 23.8 Å². The summed E-state index contributed by atoms with van der Waals surface area (Å²) in [5.74, 6) is -1.47. The van der Waals surface area contributed by atoms with Gasteiger partial charge in [-0.05, 0) is 25.5 Å². The Bertz CT molecular complexity index is 707. The van der Waals surface area contributed by atoms with Crippen molar-refractivity contribution in [2.75, 3.05) is 6.54 Å². The lowest BCUT2D eigenvalue weighted by Crippen LogP contribution is -2.36. The molecule has 4 atom stereocenters. The molecule has 0 aromatic carbocycles. The van der Waals surface area contributed by atoms with E-state index in [1.807, 2.05) is 13.8 Å². The van der Waals surface area contributed by atoms with E-state index in [0.717, 1.165) is 12.0 Å². The molecule has 1 amide bonds. The van der Waals surface area contributed by atoms with Crippen molar-refractivity contribution in [3.05, 3.63) is 35.5 Å². The fourth-order valence-electron chi connectivity index (χ4n) is 3.50. The van der Waals surface area contributed by atoms with Gasteiger partial charge in [-0.25, -0.2) is 14.4 Å². The Kier molecular flexibility index (Phi) is 5.15. The number of nitrogens with one attached hydrogen (secondary N) is 1. The van der Waals surface area contributed by atoms with E-state index in [9.17, 15) is 14.4 Å². The molecule has 0 saturated carbocycles. The quantitative estimate of drug-likeness (QED) is 0.359. The zero-order valence-corrected chi connectivity index (χ0v) is 14.9. The van der Waals surface area contributed by atoms with Gasteiger partial charge in [0.2, 0.25) is 0 Å². The predicted octanol–water partition coefficient (Wildman–Crippen LogP) is 2.18. The van der Waals surface area contributed by atoms with Crippen molar-refractivity contribution in [2.45, 2.75) is 51.4 Å². The first-order valence-corrected chi connectivity index (χ1v) is 8.82. The molecule has 1 saturated heterocycles. The molecule has 0 aromatic heterocycles. The maximum atomic E-state index is 12.1. The van der Waals surface area contributed by atoms with Crippen molar-refractivity contribution >= 4 is 18.0 Å². The van der Waals surface area contributed by atoms with Gasteiger partial charge in [-0.3, -0.25) is 0 Å². The van der Waals surface area contributed by atoms with Gasteiger partial charge < -0.3 is 19.5 Å². The molecule has 1 fully saturated rings. The van der Waals surface area contributed by atoms with Crippen LogP contribution in [0.5, 0.6) is 0 Å². The molecule has 1 aliphatic carbocycles. The Balaban J connectivity index is 1.91. The molecule has 3 rings (SSSR count). The molecule has 2 heterocycles. The van der Waals surface area contributed by atoms with Gasteiger partial charge in [-0.2, -0.15) is 0 Å². The summed E-state index contributed by atoms with van der Waals surface area (Å²) < 4.78 is 16.3. The summed E-state index contributed by atoms with van der Waals surface area (Å²) in [5, 5.41) is 2.67. The van der Waals surface area contributed by atoms with Crippen LogP contribution in [0.2, 0.25) is 0 Å². The van der Waals surface area contributed by atoms with Crippen LogP contribution in [0.4, 0.5) is 4.79 Å². The number of ether oxygens (including phenoxy) is 3. The standard InChI is InChI=1S/C19H23NO6/c1-4-5-20-19(23)26-14-7-10(2)6-13-8-12(18(22)24-13)9-15-16(14)11(3)17(21)25-15/h7-8,13-16H,3-6,9H2,1-2H3,(H,20,23)/b10-7+/t13-,14+,15-,16-/m0/s1. The molecule has 1 N–H and O–H groups in total. The van der Waals surface area contributed by atoms with Gasteiger partial charge in [0.05, 0.1) is 5.92 Å². The summed E-state index contributed by atoms with van der Waals surface area (Å²) in [6, 6.07) is 0. The van der Waals surface area contributed by atoms with Crippen LogP contribution in [0, 0.1) is 5.92 Å². The number of carbonyl (C=O) groups is 3. The van der Waals surface area contributed by atoms with Crippen molar-refractivity contribution in [1.82, 2.24) is 5.32 Å². The minimum absolute atomic E-state index is 0.216. The zero-order chi connectivity index (χ0) is 18.8. The van der Waals surface area contributed by atoms with Crippen molar-refractivity contribution in [2.24, 2.45) is 5.92 Å². The Labute approximate surface area is 152 Å². The number of rotatable bonds is 3. The van der Waals surface area contributed by atoms with Crippen LogP contribution in [0.25, 0.3) is 0 Å². The molecular formula is C19H23NO6. The van der Waals surface area contributed by atoms with E-state index in [-0.39, 0.29) is 18.1 Å². The Morgan fingerprint density at radius 2 is 2.04 bits per heavy atom. The first kappa shape index (κ1) is 18.2. The van der Waals surface area contributed by atoms with E-state index >= 15 is 0 Å². The highest BCUT2D eigenvalue weighted by Crippen LogP contribution is 2.38. The maximum Gasteiger partial charge on any atom is 0.407 e. The third-order valence-corrected chi connectivity index (χ3v) is 4.74. The van der Waals surface area contributed by atoms with Crippen LogP contribution >= 0.6 is 0 Å². The summed E-state index contributed by atoms with van der Waals surface area (Å²) in [6.07, 6.45) is 2.84. The second kappa shape index (κ2) is 7.35. The number of carbonyl (C=O) groups excluding carboxylic acids is 3. The van der Waals surface area contributed by atoms with Gasteiger partial charge in [-0.15, -0.1) is 0 Å². The highest BCUT2D eigenvalue weighted by atomic mass is 16.6. The van der Waals surface area contributed by atoms with Crippen LogP contribution < -0.4 is 5.32 Å². The van der Waals surface area contributed by atoms with E-state index in [1.54, 1.807) is 12.2 Å². The number of esters is 2. The van der Waals surface area contributed by atoms with E-state index in [2.05, 4.69) is 11.9 Å². The number of amides is 1. The minimum atomic E-state index is -0.705. The van der Waals surface area contributed by atoms with Crippen LogP contribution in [0.1, 0.15) is 33.1 Å². The lowest BCUT2D eigenvalue weighted by Gasteiger charge is -2.26. The summed E-state index contributed by atoms with van der Waals surface area (Å²) in [6.45, 7) is 8.13. The Morgan fingerprint density at radius 3 is 2.77 bits per heavy atom. The van der Waals surface area contributed by atoms with Crippen LogP contribution in [0.3, 0.4) is 0 Å². The number of hydrogen-bond acceptors (Lipinski definition) is 6. The molecule has 0 unspecified atom stereocenters. The van der Waals surface area contributed by atoms with Crippen LogP contribution in [-0.4, -0.2) is 42.9 Å². The first-order chi connectivity index (χ1) is 12.4. The average Bonchev–Trinajstić information content (AvgIpc) is 3.04. The average molecular weight is 361 g/mol. The van der Waals surface area contributed by atoms with Crippen molar-refractivity contribution in [3.63, 3.8) is 0 Å². The van der Waals surface area contributed by atoms with Gasteiger partial charge in [0.25, 0.3) is 0 Å². The second-order valence-corrected chi connectivity index (χ2v) is 6.85. The van der Waals surface area contributed by atoms with E-state index in [0.29, 0.717) is 18.5 Å². The van der Waals surface area contributed by atoms with Gasteiger partial charge in [-0.1, -0.05) is 19.1 Å². The zero-order valence-electron chi connectivity index (χ0n) is 14.9. The van der Waals surface area contributed by atoms with Gasteiger partial charge in [0, 0.05) is 30.5 Å². The van der Waals surface area contributed by atoms with E-state index in [1.165, 1.54) is 0 Å². The number of hydrogen-bond donors (Lipinski definition) is 1. The SMILES string of the molecule is C=C1C(=O)O[C@H]2CC3=C[C@H](C/C(C)=C/[C@@H](OC(=O)NCCC)[C@H]12)OC3=O.